The highest BCUT2D eigenvalue weighted by Crippen LogP contribution is 2.53. The van der Waals surface area contributed by atoms with E-state index in [1.54, 1.807) is 4.68 Å². The molecule has 1 saturated carbocycles. The first kappa shape index (κ1) is 12.4. The number of hydrogen-bond acceptors (Lipinski definition) is 4. The lowest BCUT2D eigenvalue weighted by molar-refractivity contribution is 0.0697. The van der Waals surface area contributed by atoms with Gasteiger partial charge in [-0.3, -0.25) is 9.67 Å². The van der Waals surface area contributed by atoms with Crippen molar-refractivity contribution >= 4 is 11.7 Å². The molecule has 3 heterocycles. The Morgan fingerprint density at radius 3 is 2.67 bits per heavy atom. The summed E-state index contributed by atoms with van der Waals surface area (Å²) < 4.78 is 1.59. The number of nitrogens with zero attached hydrogens (tertiary/aromatic N) is 4. The van der Waals surface area contributed by atoms with Crippen LogP contribution in [-0.2, 0) is 6.54 Å². The number of anilines is 1. The van der Waals surface area contributed by atoms with E-state index in [2.05, 4.69) is 21.0 Å². The lowest BCUT2D eigenvalue weighted by atomic mass is 9.96. The van der Waals surface area contributed by atoms with Crippen molar-refractivity contribution in [2.45, 2.75) is 19.4 Å². The van der Waals surface area contributed by atoms with Crippen molar-refractivity contribution in [1.82, 2.24) is 14.8 Å². The second kappa shape index (κ2) is 4.31. The number of rotatable bonds is 4. The molecule has 21 heavy (non-hydrogen) atoms. The summed E-state index contributed by atoms with van der Waals surface area (Å²) in [6, 6.07) is 4.06. The molecule has 0 amide bonds. The monoisotopic (exact) mass is 284 g/mol. The zero-order chi connectivity index (χ0) is 14.4. The Balaban J connectivity index is 1.42. The van der Waals surface area contributed by atoms with Crippen molar-refractivity contribution < 1.29 is 9.90 Å². The number of pyridine rings is 1. The van der Waals surface area contributed by atoms with E-state index >= 15 is 0 Å². The summed E-state index contributed by atoms with van der Waals surface area (Å²) in [6.07, 6.45) is 7.52. The third-order valence-electron chi connectivity index (χ3n) is 4.39. The predicted octanol–water partition coefficient (Wildman–Crippen LogP) is 1.62. The van der Waals surface area contributed by atoms with Gasteiger partial charge in [-0.05, 0) is 25.0 Å². The number of carbonyl (C=O) groups is 1. The van der Waals surface area contributed by atoms with Gasteiger partial charge in [-0.15, -0.1) is 0 Å². The highest BCUT2D eigenvalue weighted by atomic mass is 16.4. The molecule has 6 heteroatoms. The first-order valence-electron chi connectivity index (χ1n) is 7.09. The largest absolute Gasteiger partial charge is 0.478 e. The molecular formula is C15H16N4O2. The molecule has 2 aromatic heterocycles. The van der Waals surface area contributed by atoms with Crippen molar-refractivity contribution in [3.63, 3.8) is 0 Å². The van der Waals surface area contributed by atoms with Gasteiger partial charge in [0.1, 0.15) is 0 Å². The topological polar surface area (TPSA) is 71.2 Å². The van der Waals surface area contributed by atoms with E-state index in [0.717, 1.165) is 18.8 Å². The van der Waals surface area contributed by atoms with E-state index in [1.165, 1.54) is 30.9 Å². The van der Waals surface area contributed by atoms with Gasteiger partial charge in [0.05, 0.1) is 35.9 Å². The Labute approximate surface area is 122 Å². The Kier molecular flexibility index (Phi) is 2.54. The number of carboxylic acids is 1. The maximum absolute atomic E-state index is 10.8. The molecule has 0 unspecified atom stereocenters. The van der Waals surface area contributed by atoms with Crippen LogP contribution in [0.25, 0.3) is 0 Å². The van der Waals surface area contributed by atoms with Crippen LogP contribution in [0.2, 0.25) is 0 Å². The molecule has 0 atom stereocenters. The van der Waals surface area contributed by atoms with Crippen LogP contribution in [0.3, 0.4) is 0 Å². The average Bonchev–Trinajstić information content (AvgIpc) is 3.11. The minimum Gasteiger partial charge on any atom is -0.478 e. The standard InChI is InChI=1S/C15H16N4O2/c20-14(21)11-5-17-19(7-11)8-12-1-2-13(6-16-12)18-9-15(10-18)3-4-15/h1-2,5-7H,3-4,8-10H2,(H,20,21). The summed E-state index contributed by atoms with van der Waals surface area (Å²) in [5.41, 5.74) is 2.88. The summed E-state index contributed by atoms with van der Waals surface area (Å²) >= 11 is 0. The Hall–Kier alpha value is -2.37. The molecule has 0 radical (unpaired) electrons. The van der Waals surface area contributed by atoms with Crippen LogP contribution in [0.1, 0.15) is 28.9 Å². The van der Waals surface area contributed by atoms with Gasteiger partial charge in [0.15, 0.2) is 0 Å². The summed E-state index contributed by atoms with van der Waals surface area (Å²) in [7, 11) is 0. The molecule has 2 aromatic rings. The summed E-state index contributed by atoms with van der Waals surface area (Å²) in [4.78, 5) is 17.6. The smallest absolute Gasteiger partial charge is 0.338 e. The van der Waals surface area contributed by atoms with Crippen LogP contribution < -0.4 is 4.90 Å². The van der Waals surface area contributed by atoms with E-state index in [4.69, 9.17) is 5.11 Å². The second-order valence-corrected chi connectivity index (χ2v) is 6.10. The first-order valence-corrected chi connectivity index (χ1v) is 7.09. The highest BCUT2D eigenvalue weighted by Gasteiger charge is 2.52. The zero-order valence-electron chi connectivity index (χ0n) is 11.6. The van der Waals surface area contributed by atoms with Crippen LogP contribution in [0.4, 0.5) is 5.69 Å². The van der Waals surface area contributed by atoms with Gasteiger partial charge in [-0.2, -0.15) is 5.10 Å². The van der Waals surface area contributed by atoms with Gasteiger partial charge in [-0.25, -0.2) is 4.79 Å². The van der Waals surface area contributed by atoms with Crippen LogP contribution in [0.5, 0.6) is 0 Å². The molecule has 108 valence electrons. The number of aromatic carboxylic acids is 1. The lowest BCUT2D eigenvalue weighted by Gasteiger charge is -2.41. The fraction of sp³-hybridized carbons (Fsp3) is 0.400. The lowest BCUT2D eigenvalue weighted by Crippen LogP contribution is -2.48. The summed E-state index contributed by atoms with van der Waals surface area (Å²) in [5, 5.41) is 12.9. The van der Waals surface area contributed by atoms with Crippen LogP contribution in [0, 0.1) is 5.41 Å². The highest BCUT2D eigenvalue weighted by molar-refractivity contribution is 5.86. The quantitative estimate of drug-likeness (QED) is 0.924. The molecule has 1 saturated heterocycles. The van der Waals surface area contributed by atoms with Gasteiger partial charge in [0.2, 0.25) is 0 Å². The fourth-order valence-electron chi connectivity index (χ4n) is 2.86. The van der Waals surface area contributed by atoms with Crippen molar-refractivity contribution in [3.8, 4) is 0 Å². The first-order chi connectivity index (χ1) is 10.1. The Morgan fingerprint density at radius 1 is 1.29 bits per heavy atom. The maximum atomic E-state index is 10.8. The summed E-state index contributed by atoms with van der Waals surface area (Å²) in [5.74, 6) is -0.962. The molecular weight excluding hydrogens is 268 g/mol. The second-order valence-electron chi connectivity index (χ2n) is 6.10. The third kappa shape index (κ3) is 2.26. The van der Waals surface area contributed by atoms with E-state index in [0.29, 0.717) is 12.0 Å². The number of aromatic nitrogens is 3. The van der Waals surface area contributed by atoms with E-state index in [9.17, 15) is 4.79 Å². The minimum atomic E-state index is -0.962. The molecule has 6 nitrogen and oxygen atoms in total. The SMILES string of the molecule is O=C(O)c1cnn(Cc2ccc(N3CC4(CC4)C3)cn2)c1. The van der Waals surface area contributed by atoms with Crippen LogP contribution >= 0.6 is 0 Å². The van der Waals surface area contributed by atoms with Crippen LogP contribution in [-0.4, -0.2) is 38.9 Å². The minimum absolute atomic E-state index is 0.196. The van der Waals surface area contributed by atoms with Gasteiger partial charge in [0.25, 0.3) is 0 Å². The predicted molar refractivity (Wildman–Crippen MR) is 76.4 cm³/mol. The van der Waals surface area contributed by atoms with Gasteiger partial charge < -0.3 is 10.0 Å². The summed E-state index contributed by atoms with van der Waals surface area (Å²) in [6.45, 7) is 2.81. The molecule has 0 bridgehead atoms. The molecule has 2 aliphatic rings. The van der Waals surface area contributed by atoms with E-state index in [-0.39, 0.29) is 5.56 Å². The molecule has 2 fully saturated rings. The van der Waals surface area contributed by atoms with Crippen molar-refractivity contribution in [3.05, 3.63) is 42.0 Å². The Morgan fingerprint density at radius 2 is 2.10 bits per heavy atom. The van der Waals surface area contributed by atoms with Crippen molar-refractivity contribution in [2.75, 3.05) is 18.0 Å². The van der Waals surface area contributed by atoms with Crippen molar-refractivity contribution in [1.29, 1.82) is 0 Å². The fourth-order valence-corrected chi connectivity index (χ4v) is 2.86. The third-order valence-corrected chi connectivity index (χ3v) is 4.39. The van der Waals surface area contributed by atoms with E-state index in [1.807, 2.05) is 12.3 Å². The Bertz CT molecular complexity index is 680. The average molecular weight is 284 g/mol. The molecule has 1 spiro atoms. The normalized spacial score (nSPS) is 18.6. The number of carboxylic acid groups (broad SMARTS) is 1. The molecule has 4 rings (SSSR count). The molecule has 1 aliphatic heterocycles. The molecule has 1 N–H and O–H groups in total. The van der Waals surface area contributed by atoms with Gasteiger partial charge >= 0.3 is 5.97 Å². The van der Waals surface area contributed by atoms with Gasteiger partial charge in [-0.1, -0.05) is 0 Å². The number of hydrogen-bond donors (Lipinski definition) is 1. The van der Waals surface area contributed by atoms with Crippen LogP contribution in [0.15, 0.2) is 30.7 Å². The van der Waals surface area contributed by atoms with Crippen molar-refractivity contribution in [2.24, 2.45) is 5.41 Å². The molecule has 1 aliphatic carbocycles. The van der Waals surface area contributed by atoms with E-state index < -0.39 is 5.97 Å². The molecule has 0 aromatic carbocycles. The zero-order valence-corrected chi connectivity index (χ0v) is 11.6. The maximum Gasteiger partial charge on any atom is 0.338 e. The van der Waals surface area contributed by atoms with Gasteiger partial charge in [0, 0.05) is 24.7 Å².